The summed E-state index contributed by atoms with van der Waals surface area (Å²) in [4.78, 5) is 44.5. The van der Waals surface area contributed by atoms with Gasteiger partial charge in [-0.15, -0.1) is 0 Å². The summed E-state index contributed by atoms with van der Waals surface area (Å²) in [5, 5.41) is 6.19. The smallest absolute Gasteiger partial charge is 0.386 e. The van der Waals surface area contributed by atoms with E-state index in [1.54, 1.807) is 42.5 Å². The van der Waals surface area contributed by atoms with Gasteiger partial charge in [0.2, 0.25) is 0 Å². The molecule has 270 valence electrons. The minimum absolute atomic E-state index is 0.0873. The highest BCUT2D eigenvalue weighted by Gasteiger charge is 2.34. The lowest BCUT2D eigenvalue weighted by atomic mass is 10.0. The van der Waals surface area contributed by atoms with Crippen LogP contribution in [0.2, 0.25) is 0 Å². The average molecular weight is 731 g/mol. The summed E-state index contributed by atoms with van der Waals surface area (Å²) in [6.45, 7) is 0. The van der Waals surface area contributed by atoms with Gasteiger partial charge in [-0.1, -0.05) is 42.5 Å². The molecule has 0 saturated heterocycles. The number of anilines is 4. The Labute approximate surface area is 306 Å². The molecule has 54 heavy (non-hydrogen) atoms. The number of nitrogens with one attached hydrogen (secondary N) is 2. The van der Waals surface area contributed by atoms with E-state index < -0.39 is 29.5 Å². The van der Waals surface area contributed by atoms with Crippen LogP contribution >= 0.6 is 0 Å². The van der Waals surface area contributed by atoms with Crippen molar-refractivity contribution in [1.29, 1.82) is 0 Å². The van der Waals surface area contributed by atoms with Crippen molar-refractivity contribution in [3.63, 3.8) is 0 Å². The Kier molecular flexibility index (Phi) is 9.06. The first-order valence-corrected chi connectivity index (χ1v) is 17.2. The summed E-state index contributed by atoms with van der Waals surface area (Å²) in [6, 6.07) is 21.8. The van der Waals surface area contributed by atoms with E-state index in [4.69, 9.17) is 4.74 Å². The molecule has 0 amide bonds. The zero-order valence-electron chi connectivity index (χ0n) is 28.4. The first kappa shape index (κ1) is 34.6. The number of hydrogen-bond donors (Lipinski definition) is 2. The first-order valence-electron chi connectivity index (χ1n) is 17.2. The fourth-order valence-electron chi connectivity index (χ4n) is 6.16. The molecule has 8 rings (SSSR count). The van der Waals surface area contributed by atoms with E-state index in [9.17, 15) is 27.2 Å². The van der Waals surface area contributed by atoms with Gasteiger partial charge in [-0.05, 0) is 91.1 Å². The molecule has 2 heterocycles. The highest BCUT2D eigenvalue weighted by atomic mass is 19.4. The van der Waals surface area contributed by atoms with E-state index in [1.165, 1.54) is 49.1 Å². The molecule has 0 spiro atoms. The van der Waals surface area contributed by atoms with Gasteiger partial charge >= 0.3 is 18.1 Å². The van der Waals surface area contributed by atoms with Gasteiger partial charge < -0.3 is 15.4 Å². The Morgan fingerprint density at radius 2 is 1.06 bits per heavy atom. The fraction of sp³-hybridized carbons (Fsp3) is 0.171. The third-order valence-corrected chi connectivity index (χ3v) is 9.26. The maximum atomic E-state index is 14.3. The number of nitrogens with zero attached hydrogens (tertiary/aromatic N) is 4. The number of halogens is 4. The molecule has 2 fully saturated rings. The highest BCUT2D eigenvalue weighted by molar-refractivity contribution is 6.08. The molecule has 2 aliphatic rings. The zero-order valence-corrected chi connectivity index (χ0v) is 28.4. The lowest BCUT2D eigenvalue weighted by molar-refractivity contribution is -0.137. The normalized spacial score (nSPS) is 14.0. The quantitative estimate of drug-likeness (QED) is 0.0806. The molecule has 13 heteroatoms. The molecule has 2 saturated carbocycles. The zero-order chi connectivity index (χ0) is 37.4. The van der Waals surface area contributed by atoms with Gasteiger partial charge in [-0.25, -0.2) is 33.9 Å². The molecule has 2 aliphatic carbocycles. The van der Waals surface area contributed by atoms with Gasteiger partial charge in [0, 0.05) is 5.56 Å². The van der Waals surface area contributed by atoms with Crippen molar-refractivity contribution in [3.05, 3.63) is 143 Å². The lowest BCUT2D eigenvalue weighted by Crippen LogP contribution is -2.16. The molecule has 0 aliphatic heterocycles. The molecule has 4 aromatic carbocycles. The molecule has 2 N–H and O–H groups in total. The minimum Gasteiger partial charge on any atom is -0.386 e. The number of carbonyl (C=O) groups excluding carboxylic acids is 2. The molecule has 6 aromatic rings. The summed E-state index contributed by atoms with van der Waals surface area (Å²) >= 11 is 0. The van der Waals surface area contributed by atoms with Crippen molar-refractivity contribution in [3.8, 4) is 22.8 Å². The first-order chi connectivity index (χ1) is 26.1. The van der Waals surface area contributed by atoms with Crippen LogP contribution < -0.4 is 10.6 Å². The van der Waals surface area contributed by atoms with Crippen molar-refractivity contribution in [2.24, 2.45) is 0 Å². The van der Waals surface area contributed by atoms with Crippen LogP contribution in [-0.4, -0.2) is 31.9 Å². The number of benzene rings is 4. The van der Waals surface area contributed by atoms with E-state index in [2.05, 4.69) is 30.6 Å². The predicted octanol–water partition coefficient (Wildman–Crippen LogP) is 10.00. The van der Waals surface area contributed by atoms with E-state index in [-0.39, 0.29) is 39.8 Å². The Morgan fingerprint density at radius 3 is 1.52 bits per heavy atom. The van der Waals surface area contributed by atoms with Crippen LogP contribution in [0.25, 0.3) is 22.8 Å². The van der Waals surface area contributed by atoms with Gasteiger partial charge in [0.1, 0.15) is 5.82 Å². The van der Waals surface area contributed by atoms with E-state index in [1.807, 2.05) is 12.1 Å². The van der Waals surface area contributed by atoms with Crippen LogP contribution in [0.5, 0.6) is 0 Å². The summed E-state index contributed by atoms with van der Waals surface area (Å²) in [5.74, 6) is -1.59. The Balaban J connectivity index is 1.04. The Bertz CT molecular complexity index is 2380. The van der Waals surface area contributed by atoms with Crippen LogP contribution in [0.4, 0.5) is 40.3 Å². The molecule has 0 unspecified atom stereocenters. The van der Waals surface area contributed by atoms with Gasteiger partial charge in [0.05, 0.1) is 69.8 Å². The SMILES string of the molecule is O=C(OC(=O)c1cc(C2CC2)ccc1Nc1cnc(-c2ccccc2C(F)(F)F)nc1)c1cc(C2CC2)ccc1Nc1cnc(-c2ccccc2F)nc1. The van der Waals surface area contributed by atoms with Crippen molar-refractivity contribution < 1.29 is 31.9 Å². The number of aromatic nitrogens is 4. The van der Waals surface area contributed by atoms with Crippen molar-refractivity contribution >= 4 is 34.7 Å². The van der Waals surface area contributed by atoms with Gasteiger partial charge in [0.15, 0.2) is 11.6 Å². The second kappa shape index (κ2) is 14.1. The third kappa shape index (κ3) is 7.51. The van der Waals surface area contributed by atoms with Crippen LogP contribution in [0.1, 0.15) is 74.9 Å². The fourth-order valence-corrected chi connectivity index (χ4v) is 6.16. The summed E-state index contributed by atoms with van der Waals surface area (Å²) in [6.07, 6.45) is 4.87. The van der Waals surface area contributed by atoms with Crippen LogP contribution in [0, 0.1) is 5.82 Å². The van der Waals surface area contributed by atoms with Crippen molar-refractivity contribution in [1.82, 2.24) is 19.9 Å². The number of hydrogen-bond acceptors (Lipinski definition) is 9. The van der Waals surface area contributed by atoms with Gasteiger partial charge in [-0.3, -0.25) is 0 Å². The number of carbonyl (C=O) groups is 2. The molecule has 0 bridgehead atoms. The third-order valence-electron chi connectivity index (χ3n) is 9.26. The lowest BCUT2D eigenvalue weighted by Gasteiger charge is -2.15. The highest BCUT2D eigenvalue weighted by Crippen LogP contribution is 2.43. The van der Waals surface area contributed by atoms with E-state index in [0.29, 0.717) is 28.7 Å². The molecule has 0 radical (unpaired) electrons. The van der Waals surface area contributed by atoms with Gasteiger partial charge in [0.25, 0.3) is 0 Å². The van der Waals surface area contributed by atoms with Crippen molar-refractivity contribution in [2.45, 2.75) is 43.7 Å². The van der Waals surface area contributed by atoms with Crippen molar-refractivity contribution in [2.75, 3.05) is 10.6 Å². The molecule has 9 nitrogen and oxygen atoms in total. The van der Waals surface area contributed by atoms with Crippen LogP contribution in [0.15, 0.2) is 110 Å². The monoisotopic (exact) mass is 730 g/mol. The molecule has 0 atom stereocenters. The topological polar surface area (TPSA) is 119 Å². The number of esters is 2. The van der Waals surface area contributed by atoms with E-state index >= 15 is 0 Å². The number of ether oxygens (including phenoxy) is 1. The standard InChI is InChI=1S/C41H30F4N6O3/c42-34-8-4-2-6-30(34)38-48-21-28(22-49-38)51-36-16-14-26(24-11-12-24)18-32(36)40(53)54-39(52)31-17-25(23-9-10-23)13-15-35(31)50-27-19-46-37(47-20-27)29-5-1-3-7-33(29)41(43,44)45/h1-8,13-24,50-51H,9-12H2. The largest absolute Gasteiger partial charge is 0.417 e. The predicted molar refractivity (Wildman–Crippen MR) is 193 cm³/mol. The molecule has 2 aromatic heterocycles. The summed E-state index contributed by atoms with van der Waals surface area (Å²) < 4.78 is 60.7. The number of rotatable bonds is 10. The second-order valence-electron chi connectivity index (χ2n) is 13.2. The second-order valence-corrected chi connectivity index (χ2v) is 13.2. The Hall–Kier alpha value is -6.50. The van der Waals surface area contributed by atoms with Crippen LogP contribution in [-0.2, 0) is 10.9 Å². The maximum absolute atomic E-state index is 14.3. The average Bonchev–Trinajstić information content (AvgIpc) is 4.11. The summed E-state index contributed by atoms with van der Waals surface area (Å²) in [7, 11) is 0. The molecular weight excluding hydrogens is 700 g/mol. The van der Waals surface area contributed by atoms with E-state index in [0.717, 1.165) is 42.9 Å². The summed E-state index contributed by atoms with van der Waals surface area (Å²) in [5.41, 5.74) is 2.65. The van der Waals surface area contributed by atoms with Crippen LogP contribution in [0.3, 0.4) is 0 Å². The molecular formula is C41H30F4N6O3. The Morgan fingerprint density at radius 1 is 0.611 bits per heavy atom. The van der Waals surface area contributed by atoms with Gasteiger partial charge in [-0.2, -0.15) is 13.2 Å². The maximum Gasteiger partial charge on any atom is 0.417 e. The number of alkyl halides is 3. The minimum atomic E-state index is -4.59.